The second-order valence-corrected chi connectivity index (χ2v) is 4.83. The predicted octanol–water partition coefficient (Wildman–Crippen LogP) is 4.65. The molecule has 0 spiro atoms. The van der Waals surface area contributed by atoms with Crippen molar-refractivity contribution in [3.05, 3.63) is 57.6 Å². The van der Waals surface area contributed by atoms with Crippen LogP contribution in [-0.4, -0.2) is 0 Å². The van der Waals surface area contributed by atoms with Gasteiger partial charge in [0, 0.05) is 10.5 Å². The van der Waals surface area contributed by atoms with Gasteiger partial charge in [-0.3, -0.25) is 0 Å². The third kappa shape index (κ3) is 2.74. The summed E-state index contributed by atoms with van der Waals surface area (Å²) in [6.07, 6.45) is 0. The van der Waals surface area contributed by atoms with Crippen molar-refractivity contribution in [3.63, 3.8) is 0 Å². The van der Waals surface area contributed by atoms with E-state index in [4.69, 9.17) is 5.26 Å². The predicted molar refractivity (Wildman–Crippen MR) is 73.2 cm³/mol. The standard InChI is InChI=1S/C14H9BrF2N2/c1-8-3-2-4-9(7-18)13(8)19-14-11(15)5-10(16)6-12(14)17/h2-6,19H,1H3. The average molecular weight is 323 g/mol. The molecular weight excluding hydrogens is 314 g/mol. The van der Waals surface area contributed by atoms with E-state index in [0.717, 1.165) is 17.7 Å². The maximum atomic E-state index is 13.7. The van der Waals surface area contributed by atoms with Crippen LogP contribution in [0.15, 0.2) is 34.8 Å². The van der Waals surface area contributed by atoms with E-state index in [0.29, 0.717) is 11.3 Å². The fourth-order valence-corrected chi connectivity index (χ4v) is 2.22. The number of rotatable bonds is 2. The van der Waals surface area contributed by atoms with Gasteiger partial charge in [0.25, 0.3) is 0 Å². The van der Waals surface area contributed by atoms with Gasteiger partial charge in [-0.1, -0.05) is 12.1 Å². The Labute approximate surface area is 117 Å². The molecule has 0 saturated carbocycles. The molecule has 96 valence electrons. The van der Waals surface area contributed by atoms with Crippen LogP contribution in [0.25, 0.3) is 0 Å². The highest BCUT2D eigenvalue weighted by Gasteiger charge is 2.13. The minimum absolute atomic E-state index is 0.104. The fraction of sp³-hybridized carbons (Fsp3) is 0.0714. The summed E-state index contributed by atoms with van der Waals surface area (Å²) in [5.74, 6) is -1.39. The Morgan fingerprint density at radius 1 is 1.21 bits per heavy atom. The van der Waals surface area contributed by atoms with Crippen LogP contribution in [0.4, 0.5) is 20.2 Å². The Morgan fingerprint density at radius 2 is 1.95 bits per heavy atom. The van der Waals surface area contributed by atoms with Crippen LogP contribution in [0.3, 0.4) is 0 Å². The Hall–Kier alpha value is -1.93. The highest BCUT2D eigenvalue weighted by atomic mass is 79.9. The van der Waals surface area contributed by atoms with E-state index in [1.54, 1.807) is 25.1 Å². The molecule has 1 N–H and O–H groups in total. The summed E-state index contributed by atoms with van der Waals surface area (Å²) in [7, 11) is 0. The first-order valence-corrected chi connectivity index (χ1v) is 6.23. The number of anilines is 2. The second-order valence-electron chi connectivity index (χ2n) is 3.98. The number of halogens is 3. The molecule has 0 bridgehead atoms. The van der Waals surface area contributed by atoms with E-state index in [2.05, 4.69) is 21.2 Å². The van der Waals surface area contributed by atoms with Crippen molar-refractivity contribution >= 4 is 27.3 Å². The normalized spacial score (nSPS) is 10.1. The molecule has 0 fully saturated rings. The Balaban J connectivity index is 2.51. The molecule has 0 aromatic heterocycles. The van der Waals surface area contributed by atoms with Gasteiger partial charge in [0.15, 0.2) is 5.82 Å². The number of nitriles is 1. The summed E-state index contributed by atoms with van der Waals surface area (Å²) in [6.45, 7) is 1.80. The topological polar surface area (TPSA) is 35.8 Å². The van der Waals surface area contributed by atoms with Crippen LogP contribution in [0.1, 0.15) is 11.1 Å². The largest absolute Gasteiger partial charge is 0.351 e. The molecule has 0 unspecified atom stereocenters. The van der Waals surface area contributed by atoms with Crippen molar-refractivity contribution in [3.8, 4) is 6.07 Å². The zero-order valence-corrected chi connectivity index (χ0v) is 11.6. The van der Waals surface area contributed by atoms with Crippen LogP contribution in [0, 0.1) is 29.9 Å². The summed E-state index contributed by atoms with van der Waals surface area (Å²) >= 11 is 3.10. The SMILES string of the molecule is Cc1cccc(C#N)c1Nc1c(F)cc(F)cc1Br. The zero-order valence-electron chi connectivity index (χ0n) is 9.97. The zero-order chi connectivity index (χ0) is 14.0. The molecule has 2 aromatic rings. The van der Waals surface area contributed by atoms with Gasteiger partial charge in [0.1, 0.15) is 11.9 Å². The highest BCUT2D eigenvalue weighted by Crippen LogP contribution is 2.32. The van der Waals surface area contributed by atoms with Crippen LogP contribution >= 0.6 is 15.9 Å². The van der Waals surface area contributed by atoms with Crippen LogP contribution in [0.5, 0.6) is 0 Å². The third-order valence-corrected chi connectivity index (χ3v) is 3.28. The molecule has 0 radical (unpaired) electrons. The quantitative estimate of drug-likeness (QED) is 0.873. The molecule has 2 aromatic carbocycles. The number of nitrogens with one attached hydrogen (secondary N) is 1. The van der Waals surface area contributed by atoms with Crippen LogP contribution in [0.2, 0.25) is 0 Å². The third-order valence-electron chi connectivity index (χ3n) is 2.65. The Bertz CT molecular complexity index is 655. The molecule has 0 aliphatic rings. The van der Waals surface area contributed by atoms with Crippen molar-refractivity contribution in [2.75, 3.05) is 5.32 Å². The number of hydrogen-bond donors (Lipinski definition) is 1. The molecule has 2 nitrogen and oxygen atoms in total. The van der Waals surface area contributed by atoms with Gasteiger partial charge in [-0.05, 0) is 40.5 Å². The van der Waals surface area contributed by atoms with Gasteiger partial charge in [0.2, 0.25) is 0 Å². The van der Waals surface area contributed by atoms with E-state index < -0.39 is 11.6 Å². The van der Waals surface area contributed by atoms with Crippen molar-refractivity contribution in [2.45, 2.75) is 6.92 Å². The monoisotopic (exact) mass is 322 g/mol. The van der Waals surface area contributed by atoms with E-state index in [-0.39, 0.29) is 10.2 Å². The highest BCUT2D eigenvalue weighted by molar-refractivity contribution is 9.10. The molecule has 0 aliphatic heterocycles. The molecule has 5 heteroatoms. The number of hydrogen-bond acceptors (Lipinski definition) is 2. The molecule has 0 atom stereocenters. The second kappa shape index (κ2) is 5.37. The lowest BCUT2D eigenvalue weighted by Crippen LogP contribution is -2.00. The summed E-state index contributed by atoms with van der Waals surface area (Å²) < 4.78 is 27.0. The van der Waals surface area contributed by atoms with Crippen molar-refractivity contribution in [2.24, 2.45) is 0 Å². The minimum atomic E-state index is -0.723. The first kappa shape index (κ1) is 13.5. The molecule has 19 heavy (non-hydrogen) atoms. The van der Waals surface area contributed by atoms with E-state index >= 15 is 0 Å². The molecule has 0 heterocycles. The Kier molecular flexibility index (Phi) is 3.82. The van der Waals surface area contributed by atoms with E-state index in [9.17, 15) is 8.78 Å². The lowest BCUT2D eigenvalue weighted by atomic mass is 10.1. The average Bonchev–Trinajstić information content (AvgIpc) is 2.34. The van der Waals surface area contributed by atoms with Gasteiger partial charge in [0.05, 0.1) is 16.9 Å². The van der Waals surface area contributed by atoms with Crippen molar-refractivity contribution in [1.82, 2.24) is 0 Å². The van der Waals surface area contributed by atoms with Crippen LogP contribution < -0.4 is 5.32 Å². The number of benzene rings is 2. The Morgan fingerprint density at radius 3 is 2.58 bits per heavy atom. The first-order chi connectivity index (χ1) is 9.02. The summed E-state index contributed by atoms with van der Waals surface area (Å²) in [5, 5.41) is 11.9. The van der Waals surface area contributed by atoms with Crippen molar-refractivity contribution in [1.29, 1.82) is 5.26 Å². The smallest absolute Gasteiger partial charge is 0.150 e. The lowest BCUT2D eigenvalue weighted by Gasteiger charge is -2.13. The number of nitrogens with zero attached hydrogens (tertiary/aromatic N) is 1. The summed E-state index contributed by atoms with van der Waals surface area (Å²) in [5.41, 5.74) is 1.81. The molecule has 0 amide bonds. The van der Waals surface area contributed by atoms with Crippen LogP contribution in [-0.2, 0) is 0 Å². The van der Waals surface area contributed by atoms with E-state index in [1.807, 2.05) is 6.07 Å². The summed E-state index contributed by atoms with van der Waals surface area (Å²) in [6, 6.07) is 9.16. The number of aryl methyl sites for hydroxylation is 1. The van der Waals surface area contributed by atoms with Gasteiger partial charge in [-0.25, -0.2) is 8.78 Å². The maximum absolute atomic E-state index is 13.7. The van der Waals surface area contributed by atoms with Gasteiger partial charge in [-0.2, -0.15) is 5.26 Å². The van der Waals surface area contributed by atoms with Gasteiger partial charge >= 0.3 is 0 Å². The molecule has 2 rings (SSSR count). The van der Waals surface area contributed by atoms with Crippen molar-refractivity contribution < 1.29 is 8.78 Å². The molecule has 0 saturated heterocycles. The first-order valence-electron chi connectivity index (χ1n) is 5.44. The van der Waals surface area contributed by atoms with E-state index in [1.165, 1.54) is 0 Å². The minimum Gasteiger partial charge on any atom is -0.351 e. The summed E-state index contributed by atoms with van der Waals surface area (Å²) in [4.78, 5) is 0. The number of para-hydroxylation sites is 1. The fourth-order valence-electron chi connectivity index (χ4n) is 1.71. The van der Waals surface area contributed by atoms with Gasteiger partial charge in [-0.15, -0.1) is 0 Å². The van der Waals surface area contributed by atoms with Gasteiger partial charge < -0.3 is 5.32 Å². The lowest BCUT2D eigenvalue weighted by molar-refractivity contribution is 0.584. The molecular formula is C14H9BrF2N2. The maximum Gasteiger partial charge on any atom is 0.150 e. The molecule has 0 aliphatic carbocycles.